The highest BCUT2D eigenvalue weighted by molar-refractivity contribution is 8.23. The lowest BCUT2D eigenvalue weighted by molar-refractivity contribution is -0.113. The number of nitrogens with zero attached hydrogens (tertiary/aromatic N) is 1. The van der Waals surface area contributed by atoms with E-state index in [1.54, 1.807) is 24.3 Å². The fraction of sp³-hybridized carbons (Fsp3) is 0.500. The van der Waals surface area contributed by atoms with E-state index in [9.17, 15) is 9.59 Å². The molecule has 1 aromatic rings. The summed E-state index contributed by atoms with van der Waals surface area (Å²) in [7, 11) is 0. The van der Waals surface area contributed by atoms with Gasteiger partial charge in [0.2, 0.25) is 5.91 Å². The molecule has 0 aromatic heterocycles. The molecule has 7 heteroatoms. The van der Waals surface area contributed by atoms with Crippen LogP contribution < -0.4 is 10.6 Å². The van der Waals surface area contributed by atoms with Crippen LogP contribution in [0.2, 0.25) is 0 Å². The predicted octanol–water partition coefficient (Wildman–Crippen LogP) is 3.12. The number of hydrogen-bond donors (Lipinski definition) is 2. The molecule has 0 bridgehead atoms. The molecule has 1 aliphatic rings. The Morgan fingerprint density at radius 3 is 2.60 bits per heavy atom. The molecule has 136 valence electrons. The number of benzene rings is 1. The molecule has 0 radical (unpaired) electrons. The number of anilines is 1. The van der Waals surface area contributed by atoms with E-state index >= 15 is 0 Å². The van der Waals surface area contributed by atoms with E-state index in [0.717, 1.165) is 30.3 Å². The monoisotopic (exact) mass is 379 g/mol. The van der Waals surface area contributed by atoms with E-state index in [2.05, 4.69) is 15.5 Å². The van der Waals surface area contributed by atoms with E-state index < -0.39 is 0 Å². The van der Waals surface area contributed by atoms with Crippen LogP contribution in [0.3, 0.4) is 0 Å². The summed E-state index contributed by atoms with van der Waals surface area (Å²) in [4.78, 5) is 26.7. The molecule has 0 aliphatic carbocycles. The van der Waals surface area contributed by atoms with Gasteiger partial charge in [0, 0.05) is 19.6 Å². The van der Waals surface area contributed by atoms with Crippen molar-refractivity contribution in [3.8, 4) is 0 Å². The van der Waals surface area contributed by atoms with E-state index in [1.165, 1.54) is 11.8 Å². The fourth-order valence-electron chi connectivity index (χ4n) is 2.49. The third-order valence-corrected chi connectivity index (χ3v) is 5.33. The van der Waals surface area contributed by atoms with Gasteiger partial charge in [-0.15, -0.1) is 0 Å². The third kappa shape index (κ3) is 6.32. The number of carbonyl (C=O) groups is 2. The van der Waals surface area contributed by atoms with Crippen LogP contribution >= 0.6 is 24.0 Å². The van der Waals surface area contributed by atoms with Crippen LogP contribution in [0.4, 0.5) is 5.69 Å². The van der Waals surface area contributed by atoms with Crippen molar-refractivity contribution >= 4 is 45.8 Å². The lowest BCUT2D eigenvalue weighted by Gasteiger charge is -2.17. The van der Waals surface area contributed by atoms with Crippen molar-refractivity contribution < 1.29 is 9.59 Å². The standard InChI is InChI=1S/C18H25N3O2S2/c1-13(2)11-19-17(23)14-7-3-4-8-15(14)20-16(22)12-25-18(24)21-9-5-6-10-21/h3-4,7-8,13H,5-6,9-12H2,1-2H3,(H,19,23)(H,20,22). The van der Waals surface area contributed by atoms with Crippen molar-refractivity contribution in [2.75, 3.05) is 30.7 Å². The van der Waals surface area contributed by atoms with Gasteiger partial charge in [-0.2, -0.15) is 0 Å². The quantitative estimate of drug-likeness (QED) is 0.744. The van der Waals surface area contributed by atoms with Gasteiger partial charge in [0.15, 0.2) is 0 Å². The maximum Gasteiger partial charge on any atom is 0.253 e. The molecule has 5 nitrogen and oxygen atoms in total. The molecule has 0 saturated carbocycles. The lowest BCUT2D eigenvalue weighted by Crippen LogP contribution is -2.29. The first kappa shape index (κ1) is 19.7. The van der Waals surface area contributed by atoms with Crippen molar-refractivity contribution in [3.05, 3.63) is 29.8 Å². The Morgan fingerprint density at radius 2 is 1.92 bits per heavy atom. The zero-order valence-corrected chi connectivity index (χ0v) is 16.3. The second-order valence-electron chi connectivity index (χ2n) is 6.45. The molecule has 1 fully saturated rings. The molecule has 2 rings (SSSR count). The highest BCUT2D eigenvalue weighted by atomic mass is 32.2. The third-order valence-electron chi connectivity index (χ3n) is 3.81. The first-order valence-corrected chi connectivity index (χ1v) is 9.95. The van der Waals surface area contributed by atoms with Crippen LogP contribution in [0.5, 0.6) is 0 Å². The number of para-hydroxylation sites is 1. The zero-order chi connectivity index (χ0) is 18.2. The molecular formula is C18H25N3O2S2. The minimum atomic E-state index is -0.176. The molecule has 1 heterocycles. The summed E-state index contributed by atoms with van der Waals surface area (Å²) in [6.45, 7) is 6.63. The van der Waals surface area contributed by atoms with Crippen LogP contribution in [-0.2, 0) is 4.79 Å². The average Bonchev–Trinajstić information content (AvgIpc) is 3.12. The molecule has 0 atom stereocenters. The Morgan fingerprint density at radius 1 is 1.24 bits per heavy atom. The Bertz CT molecular complexity index is 629. The Labute approximate surface area is 158 Å². The summed E-state index contributed by atoms with van der Waals surface area (Å²) < 4.78 is 0.774. The SMILES string of the molecule is CC(C)CNC(=O)c1ccccc1NC(=O)CSC(=S)N1CCCC1. The molecule has 1 aliphatic heterocycles. The first-order chi connectivity index (χ1) is 12.0. The molecule has 2 N–H and O–H groups in total. The minimum absolute atomic E-state index is 0.157. The largest absolute Gasteiger partial charge is 0.358 e. The Hall–Kier alpha value is -1.60. The number of carbonyl (C=O) groups excluding carboxylic acids is 2. The summed E-state index contributed by atoms with van der Waals surface area (Å²) in [6, 6.07) is 7.05. The van der Waals surface area contributed by atoms with Crippen molar-refractivity contribution in [1.29, 1.82) is 0 Å². The second-order valence-corrected chi connectivity index (χ2v) is 8.06. The summed E-state index contributed by atoms with van der Waals surface area (Å²) in [5.74, 6) is 0.284. The maximum atomic E-state index is 12.3. The van der Waals surface area contributed by atoms with E-state index in [4.69, 9.17) is 12.2 Å². The van der Waals surface area contributed by atoms with Crippen LogP contribution in [0, 0.1) is 5.92 Å². The number of likely N-dealkylation sites (tertiary alicyclic amines) is 1. The van der Waals surface area contributed by atoms with Gasteiger partial charge >= 0.3 is 0 Å². The van der Waals surface area contributed by atoms with Crippen LogP contribution in [0.15, 0.2) is 24.3 Å². The van der Waals surface area contributed by atoms with Crippen LogP contribution in [0.25, 0.3) is 0 Å². The van der Waals surface area contributed by atoms with E-state index in [1.807, 2.05) is 13.8 Å². The van der Waals surface area contributed by atoms with E-state index in [-0.39, 0.29) is 17.6 Å². The van der Waals surface area contributed by atoms with Gasteiger partial charge in [-0.05, 0) is 30.9 Å². The molecule has 25 heavy (non-hydrogen) atoms. The summed E-state index contributed by atoms with van der Waals surface area (Å²) in [6.07, 6.45) is 2.32. The fourth-order valence-corrected chi connectivity index (χ4v) is 3.54. The summed E-state index contributed by atoms with van der Waals surface area (Å²) in [5, 5.41) is 5.70. The number of nitrogens with one attached hydrogen (secondary N) is 2. The topological polar surface area (TPSA) is 61.4 Å². The summed E-state index contributed by atoms with van der Waals surface area (Å²) in [5.41, 5.74) is 1.00. The number of thioether (sulfide) groups is 1. The zero-order valence-electron chi connectivity index (χ0n) is 14.7. The molecule has 1 aromatic carbocycles. The number of rotatable bonds is 6. The molecule has 0 unspecified atom stereocenters. The van der Waals surface area contributed by atoms with Crippen molar-refractivity contribution in [1.82, 2.24) is 10.2 Å². The normalized spacial score (nSPS) is 13.8. The van der Waals surface area contributed by atoms with Crippen LogP contribution in [-0.4, -0.2) is 46.4 Å². The number of thiocarbonyl (C=S) groups is 1. The van der Waals surface area contributed by atoms with Gasteiger partial charge in [0.25, 0.3) is 5.91 Å². The Balaban J connectivity index is 1.89. The molecule has 1 saturated heterocycles. The Kier molecular flexibility index (Phi) is 7.71. The predicted molar refractivity (Wildman–Crippen MR) is 108 cm³/mol. The maximum absolute atomic E-state index is 12.3. The van der Waals surface area contributed by atoms with Gasteiger partial charge in [-0.3, -0.25) is 9.59 Å². The lowest BCUT2D eigenvalue weighted by atomic mass is 10.1. The van der Waals surface area contributed by atoms with Gasteiger partial charge in [-0.1, -0.05) is 50.0 Å². The molecule has 2 amide bonds. The summed E-state index contributed by atoms with van der Waals surface area (Å²) >= 11 is 6.74. The minimum Gasteiger partial charge on any atom is -0.358 e. The highest BCUT2D eigenvalue weighted by Crippen LogP contribution is 2.18. The smallest absolute Gasteiger partial charge is 0.253 e. The van der Waals surface area contributed by atoms with Crippen molar-refractivity contribution in [2.45, 2.75) is 26.7 Å². The highest BCUT2D eigenvalue weighted by Gasteiger charge is 2.17. The van der Waals surface area contributed by atoms with Gasteiger partial charge in [0.1, 0.15) is 4.32 Å². The molecule has 0 spiro atoms. The van der Waals surface area contributed by atoms with Crippen molar-refractivity contribution in [2.24, 2.45) is 5.92 Å². The number of hydrogen-bond acceptors (Lipinski definition) is 4. The van der Waals surface area contributed by atoms with Gasteiger partial charge < -0.3 is 15.5 Å². The molecular weight excluding hydrogens is 354 g/mol. The van der Waals surface area contributed by atoms with Crippen molar-refractivity contribution in [3.63, 3.8) is 0 Å². The van der Waals surface area contributed by atoms with Gasteiger partial charge in [0.05, 0.1) is 17.0 Å². The first-order valence-electron chi connectivity index (χ1n) is 8.56. The van der Waals surface area contributed by atoms with Crippen LogP contribution in [0.1, 0.15) is 37.0 Å². The number of amides is 2. The average molecular weight is 380 g/mol. The second kappa shape index (κ2) is 9.77. The van der Waals surface area contributed by atoms with E-state index in [0.29, 0.717) is 23.7 Å². The van der Waals surface area contributed by atoms with Gasteiger partial charge in [-0.25, -0.2) is 0 Å².